The van der Waals surface area contributed by atoms with Crippen molar-refractivity contribution in [2.75, 3.05) is 40.3 Å². The molecule has 1 aromatic carbocycles. The fourth-order valence-corrected chi connectivity index (χ4v) is 3.14. The van der Waals surface area contributed by atoms with Crippen LogP contribution in [-0.4, -0.2) is 70.3 Å². The molecule has 1 aliphatic rings. The number of ether oxygens (including phenoxy) is 1. The van der Waals surface area contributed by atoms with Gasteiger partial charge in [0.05, 0.1) is 19.2 Å². The summed E-state index contributed by atoms with van der Waals surface area (Å²) in [5, 5.41) is 12.5. The topological polar surface area (TPSA) is 59.3 Å². The number of nitrogens with zero attached hydrogens (tertiary/aromatic N) is 6. The van der Waals surface area contributed by atoms with Crippen molar-refractivity contribution < 1.29 is 4.74 Å². The van der Waals surface area contributed by atoms with Gasteiger partial charge in [0.25, 0.3) is 0 Å². The highest BCUT2D eigenvalue weighted by molar-refractivity contribution is 5.32. The van der Waals surface area contributed by atoms with Crippen LogP contribution in [0.2, 0.25) is 0 Å². The van der Waals surface area contributed by atoms with Crippen LogP contribution in [0.3, 0.4) is 0 Å². The van der Waals surface area contributed by atoms with Crippen molar-refractivity contribution in [3.05, 3.63) is 35.7 Å². The number of benzene rings is 1. The lowest BCUT2D eigenvalue weighted by Crippen LogP contribution is -2.46. The zero-order valence-electron chi connectivity index (χ0n) is 14.9. The maximum atomic E-state index is 5.30. The van der Waals surface area contributed by atoms with Crippen LogP contribution in [0, 0.1) is 0 Å². The van der Waals surface area contributed by atoms with E-state index in [0.29, 0.717) is 0 Å². The average molecular weight is 330 g/mol. The first-order valence-electron chi connectivity index (χ1n) is 8.44. The highest BCUT2D eigenvalue weighted by Crippen LogP contribution is 2.30. The molecule has 0 radical (unpaired) electrons. The summed E-state index contributed by atoms with van der Waals surface area (Å²) in [5.41, 5.74) is 1.19. The van der Waals surface area contributed by atoms with E-state index in [-0.39, 0.29) is 12.1 Å². The van der Waals surface area contributed by atoms with Crippen molar-refractivity contribution in [3.63, 3.8) is 0 Å². The van der Waals surface area contributed by atoms with Crippen molar-refractivity contribution in [3.8, 4) is 5.75 Å². The van der Waals surface area contributed by atoms with Crippen LogP contribution in [-0.2, 0) is 0 Å². The molecule has 7 heteroatoms. The summed E-state index contributed by atoms with van der Waals surface area (Å²) in [4.78, 5) is 4.82. The standard InChI is InChI=1S/C17H26N6O/c1-13(2)23-17(18-19-20-23)16(22-11-9-21(3)10-12-22)14-5-7-15(24-4)8-6-14/h5-8,13,16H,9-12H2,1-4H3. The second kappa shape index (κ2) is 7.27. The Morgan fingerprint density at radius 2 is 1.71 bits per heavy atom. The molecule has 0 amide bonds. The number of hydrogen-bond donors (Lipinski definition) is 0. The third-order valence-electron chi connectivity index (χ3n) is 4.59. The Labute approximate surface area is 143 Å². The Morgan fingerprint density at radius 1 is 1.04 bits per heavy atom. The molecule has 2 aromatic rings. The average Bonchev–Trinajstić information content (AvgIpc) is 3.07. The van der Waals surface area contributed by atoms with Crippen LogP contribution in [0.5, 0.6) is 5.75 Å². The zero-order chi connectivity index (χ0) is 17.1. The number of tetrazole rings is 1. The van der Waals surface area contributed by atoms with Crippen molar-refractivity contribution in [2.24, 2.45) is 0 Å². The van der Waals surface area contributed by atoms with E-state index in [9.17, 15) is 0 Å². The second-order valence-corrected chi connectivity index (χ2v) is 6.59. The lowest BCUT2D eigenvalue weighted by Gasteiger charge is -2.37. The van der Waals surface area contributed by atoms with Gasteiger partial charge in [-0.25, -0.2) is 4.68 Å². The Bertz CT molecular complexity index is 645. The summed E-state index contributed by atoms with van der Waals surface area (Å²) in [6.07, 6.45) is 0. The normalized spacial score (nSPS) is 18.0. The van der Waals surface area contributed by atoms with Gasteiger partial charge in [-0.05, 0) is 49.0 Å². The van der Waals surface area contributed by atoms with Gasteiger partial charge in [0, 0.05) is 26.2 Å². The smallest absolute Gasteiger partial charge is 0.173 e. The summed E-state index contributed by atoms with van der Waals surface area (Å²) in [6, 6.07) is 8.51. The molecule has 1 atom stereocenters. The Morgan fingerprint density at radius 3 is 2.29 bits per heavy atom. The second-order valence-electron chi connectivity index (χ2n) is 6.59. The van der Waals surface area contributed by atoms with E-state index in [1.165, 1.54) is 5.56 Å². The summed E-state index contributed by atoms with van der Waals surface area (Å²) in [5.74, 6) is 1.76. The number of aromatic nitrogens is 4. The first-order chi connectivity index (χ1) is 11.6. The van der Waals surface area contributed by atoms with Gasteiger partial charge in [0.1, 0.15) is 5.75 Å². The van der Waals surface area contributed by atoms with Crippen molar-refractivity contribution in [1.82, 2.24) is 30.0 Å². The molecule has 2 heterocycles. The molecule has 1 aliphatic heterocycles. The molecule has 0 bridgehead atoms. The third kappa shape index (κ3) is 3.42. The highest BCUT2D eigenvalue weighted by Gasteiger charge is 2.30. The van der Waals surface area contributed by atoms with Gasteiger partial charge in [0.15, 0.2) is 5.82 Å². The first-order valence-corrected chi connectivity index (χ1v) is 8.44. The molecule has 0 aliphatic carbocycles. The number of hydrogen-bond acceptors (Lipinski definition) is 6. The molecule has 7 nitrogen and oxygen atoms in total. The number of likely N-dealkylation sites (N-methyl/N-ethyl adjacent to an activating group) is 1. The summed E-state index contributed by atoms with van der Waals surface area (Å²) < 4.78 is 7.22. The van der Waals surface area contributed by atoms with E-state index in [0.717, 1.165) is 37.8 Å². The SMILES string of the molecule is COc1ccc(C(c2nnnn2C(C)C)N2CCN(C)CC2)cc1. The zero-order valence-corrected chi connectivity index (χ0v) is 14.9. The maximum absolute atomic E-state index is 5.30. The van der Waals surface area contributed by atoms with Crippen LogP contribution >= 0.6 is 0 Å². The van der Waals surface area contributed by atoms with Crippen molar-refractivity contribution >= 4 is 0 Å². The summed E-state index contributed by atoms with van der Waals surface area (Å²) in [6.45, 7) is 8.31. The molecular formula is C17H26N6O. The lowest BCUT2D eigenvalue weighted by molar-refractivity contribution is 0.121. The predicted molar refractivity (Wildman–Crippen MR) is 92.1 cm³/mol. The van der Waals surface area contributed by atoms with Crippen LogP contribution in [0.1, 0.15) is 37.3 Å². The van der Waals surface area contributed by atoms with Gasteiger partial charge in [-0.3, -0.25) is 4.90 Å². The van der Waals surface area contributed by atoms with Gasteiger partial charge < -0.3 is 9.64 Å². The van der Waals surface area contributed by atoms with E-state index in [4.69, 9.17) is 4.74 Å². The maximum Gasteiger partial charge on any atom is 0.173 e. The molecule has 0 N–H and O–H groups in total. The van der Waals surface area contributed by atoms with Gasteiger partial charge in [0.2, 0.25) is 0 Å². The van der Waals surface area contributed by atoms with E-state index >= 15 is 0 Å². The third-order valence-corrected chi connectivity index (χ3v) is 4.59. The Kier molecular flexibility index (Phi) is 5.11. The van der Waals surface area contributed by atoms with Crippen LogP contribution < -0.4 is 4.74 Å². The number of methoxy groups -OCH3 is 1. The van der Waals surface area contributed by atoms with Crippen LogP contribution in [0.4, 0.5) is 0 Å². The highest BCUT2D eigenvalue weighted by atomic mass is 16.5. The predicted octanol–water partition coefficient (Wildman–Crippen LogP) is 1.60. The lowest BCUT2D eigenvalue weighted by atomic mass is 10.0. The molecule has 3 rings (SSSR count). The van der Waals surface area contributed by atoms with Gasteiger partial charge in [-0.2, -0.15) is 0 Å². The number of rotatable bonds is 5. The monoisotopic (exact) mass is 330 g/mol. The first kappa shape index (κ1) is 16.9. The van der Waals surface area contributed by atoms with Crippen molar-refractivity contribution in [2.45, 2.75) is 25.9 Å². The van der Waals surface area contributed by atoms with E-state index in [1.54, 1.807) is 7.11 Å². The fraction of sp³-hybridized carbons (Fsp3) is 0.588. The van der Waals surface area contributed by atoms with Gasteiger partial charge >= 0.3 is 0 Å². The quantitative estimate of drug-likeness (QED) is 0.830. The van der Waals surface area contributed by atoms with Gasteiger partial charge in [-0.15, -0.1) is 5.10 Å². The van der Waals surface area contributed by atoms with Gasteiger partial charge in [-0.1, -0.05) is 12.1 Å². The molecule has 0 spiro atoms. The molecule has 0 saturated carbocycles. The Balaban J connectivity index is 1.98. The molecule has 1 unspecified atom stereocenters. The minimum absolute atomic E-state index is 0.0574. The van der Waals surface area contributed by atoms with Crippen LogP contribution in [0.15, 0.2) is 24.3 Å². The van der Waals surface area contributed by atoms with E-state index in [1.807, 2.05) is 16.8 Å². The molecule has 24 heavy (non-hydrogen) atoms. The number of piperazine rings is 1. The minimum Gasteiger partial charge on any atom is -0.497 e. The minimum atomic E-state index is 0.0574. The molecule has 1 fully saturated rings. The van der Waals surface area contributed by atoms with E-state index < -0.39 is 0 Å². The molecule has 130 valence electrons. The van der Waals surface area contributed by atoms with Crippen LogP contribution in [0.25, 0.3) is 0 Å². The summed E-state index contributed by atoms with van der Waals surface area (Å²) >= 11 is 0. The Hall–Kier alpha value is -1.99. The van der Waals surface area contributed by atoms with E-state index in [2.05, 4.69) is 58.4 Å². The summed E-state index contributed by atoms with van der Waals surface area (Å²) in [7, 11) is 3.85. The largest absolute Gasteiger partial charge is 0.497 e. The molecule has 1 saturated heterocycles. The van der Waals surface area contributed by atoms with Crippen molar-refractivity contribution in [1.29, 1.82) is 0 Å². The molecule has 1 aromatic heterocycles. The molecular weight excluding hydrogens is 304 g/mol. The fourth-order valence-electron chi connectivity index (χ4n) is 3.14.